The van der Waals surface area contributed by atoms with Crippen molar-refractivity contribution < 1.29 is 4.79 Å². The highest BCUT2D eigenvalue weighted by atomic mass is 35.5. The van der Waals surface area contributed by atoms with Crippen LogP contribution in [0.4, 0.5) is 0 Å². The average Bonchev–Trinajstić information content (AvgIpc) is 2.89. The summed E-state index contributed by atoms with van der Waals surface area (Å²) in [6, 6.07) is 9.56. The van der Waals surface area contributed by atoms with Crippen LogP contribution >= 0.6 is 11.6 Å². The molecule has 116 valence electrons. The smallest absolute Gasteiger partial charge is 0.236 e. The molecule has 1 saturated heterocycles. The summed E-state index contributed by atoms with van der Waals surface area (Å²) in [4.78, 5) is 15.9. The van der Waals surface area contributed by atoms with Crippen molar-refractivity contribution in [3.05, 3.63) is 47.2 Å². The highest BCUT2D eigenvalue weighted by Gasteiger charge is 2.19. The summed E-state index contributed by atoms with van der Waals surface area (Å²) in [5, 5.41) is 5.30. The first kappa shape index (κ1) is 15.1. The molecule has 2 aromatic rings. The van der Waals surface area contributed by atoms with Crippen LogP contribution in [0.5, 0.6) is 0 Å². The quantitative estimate of drug-likeness (QED) is 0.871. The van der Waals surface area contributed by atoms with Crippen LogP contribution in [0.1, 0.15) is 12.1 Å². The third kappa shape index (κ3) is 3.48. The topological polar surface area (TPSA) is 41.4 Å². The van der Waals surface area contributed by atoms with Gasteiger partial charge in [-0.05, 0) is 36.8 Å². The van der Waals surface area contributed by atoms with Crippen LogP contribution in [0.2, 0.25) is 5.02 Å². The molecule has 0 saturated carbocycles. The zero-order valence-electron chi connectivity index (χ0n) is 12.6. The van der Waals surface area contributed by atoms with Crippen molar-refractivity contribution in [1.82, 2.24) is 19.6 Å². The van der Waals surface area contributed by atoms with E-state index in [9.17, 15) is 4.79 Å². The van der Waals surface area contributed by atoms with Gasteiger partial charge in [-0.2, -0.15) is 5.10 Å². The maximum atomic E-state index is 11.9. The molecular weight excluding hydrogens is 300 g/mol. The highest BCUT2D eigenvalue weighted by Crippen LogP contribution is 2.14. The van der Waals surface area contributed by atoms with Crippen molar-refractivity contribution in [1.29, 1.82) is 0 Å². The lowest BCUT2D eigenvalue weighted by atomic mass is 10.3. The number of likely N-dealkylation sites (N-methyl/N-ethyl adjacent to an activating group) is 1. The van der Waals surface area contributed by atoms with Gasteiger partial charge in [-0.25, -0.2) is 4.68 Å². The number of amides is 1. The number of hydrogen-bond donors (Lipinski definition) is 0. The molecule has 3 rings (SSSR count). The first-order chi connectivity index (χ1) is 10.6. The average molecular weight is 319 g/mol. The van der Waals surface area contributed by atoms with Crippen molar-refractivity contribution in [2.75, 3.05) is 26.7 Å². The van der Waals surface area contributed by atoms with Crippen molar-refractivity contribution in [3.8, 4) is 5.69 Å². The van der Waals surface area contributed by atoms with E-state index in [1.807, 2.05) is 48.3 Å². The molecule has 2 heterocycles. The van der Waals surface area contributed by atoms with Gasteiger partial charge in [0.15, 0.2) is 0 Å². The molecule has 0 radical (unpaired) electrons. The van der Waals surface area contributed by atoms with E-state index in [0.29, 0.717) is 18.1 Å². The molecule has 1 aliphatic rings. The summed E-state index contributed by atoms with van der Waals surface area (Å²) >= 11 is 5.90. The van der Waals surface area contributed by atoms with Gasteiger partial charge < -0.3 is 4.90 Å². The third-order valence-electron chi connectivity index (χ3n) is 3.87. The van der Waals surface area contributed by atoms with Crippen LogP contribution in [0.15, 0.2) is 36.5 Å². The fourth-order valence-electron chi connectivity index (χ4n) is 2.59. The molecule has 0 spiro atoms. The van der Waals surface area contributed by atoms with Gasteiger partial charge in [0.2, 0.25) is 5.91 Å². The van der Waals surface area contributed by atoms with E-state index in [-0.39, 0.29) is 5.91 Å². The summed E-state index contributed by atoms with van der Waals surface area (Å²) in [5.74, 6) is 0.176. The Morgan fingerprint density at radius 3 is 2.73 bits per heavy atom. The molecule has 1 fully saturated rings. The minimum Gasteiger partial charge on any atom is -0.345 e. The van der Waals surface area contributed by atoms with Gasteiger partial charge in [0.1, 0.15) is 0 Å². The number of hydrogen-bond acceptors (Lipinski definition) is 3. The monoisotopic (exact) mass is 318 g/mol. The van der Waals surface area contributed by atoms with Gasteiger partial charge in [0.25, 0.3) is 0 Å². The molecule has 6 heteroatoms. The second-order valence-electron chi connectivity index (χ2n) is 5.61. The van der Waals surface area contributed by atoms with Crippen LogP contribution in [0, 0.1) is 0 Å². The maximum Gasteiger partial charge on any atom is 0.236 e. The van der Waals surface area contributed by atoms with Gasteiger partial charge in [-0.15, -0.1) is 0 Å². The standard InChI is InChI=1S/C16H19ClN4O/c1-19-8-2-9-20(12-16(19)22)11-14-7-10-21(18-14)15-5-3-13(17)4-6-15/h3-7,10H,2,8-9,11-12H2,1H3. The summed E-state index contributed by atoms with van der Waals surface area (Å²) < 4.78 is 1.83. The second kappa shape index (κ2) is 6.50. The zero-order chi connectivity index (χ0) is 15.5. The molecule has 1 aliphatic heterocycles. The molecule has 0 atom stereocenters. The lowest BCUT2D eigenvalue weighted by Crippen LogP contribution is -2.34. The van der Waals surface area contributed by atoms with Gasteiger partial charge in [0.05, 0.1) is 17.9 Å². The fraction of sp³-hybridized carbons (Fsp3) is 0.375. The van der Waals surface area contributed by atoms with Crippen LogP contribution in [0.25, 0.3) is 5.69 Å². The SMILES string of the molecule is CN1CCCN(Cc2ccn(-c3ccc(Cl)cc3)n2)CC1=O. The first-order valence-corrected chi connectivity index (χ1v) is 7.76. The molecule has 1 aromatic heterocycles. The Morgan fingerprint density at radius 1 is 1.18 bits per heavy atom. The molecule has 0 bridgehead atoms. The summed E-state index contributed by atoms with van der Waals surface area (Å²) in [6.45, 7) is 2.91. The Balaban J connectivity index is 1.69. The number of benzene rings is 1. The van der Waals surface area contributed by atoms with Gasteiger partial charge in [-0.3, -0.25) is 9.69 Å². The Hall–Kier alpha value is -1.85. The van der Waals surface area contributed by atoms with Crippen molar-refractivity contribution in [2.24, 2.45) is 0 Å². The van der Waals surface area contributed by atoms with E-state index in [2.05, 4.69) is 10.00 Å². The van der Waals surface area contributed by atoms with Crippen LogP contribution in [0.3, 0.4) is 0 Å². The molecule has 0 unspecified atom stereocenters. The van der Waals surface area contributed by atoms with Crippen molar-refractivity contribution >= 4 is 17.5 Å². The van der Waals surface area contributed by atoms with Gasteiger partial charge in [-0.1, -0.05) is 11.6 Å². The number of carbonyl (C=O) groups excluding carboxylic acids is 1. The number of halogens is 1. The van der Waals surface area contributed by atoms with E-state index >= 15 is 0 Å². The maximum absolute atomic E-state index is 11.9. The molecular formula is C16H19ClN4O. The van der Waals surface area contributed by atoms with Gasteiger partial charge >= 0.3 is 0 Å². The van der Waals surface area contributed by atoms with Gasteiger partial charge in [0, 0.05) is 37.9 Å². The number of nitrogens with zero attached hydrogens (tertiary/aromatic N) is 4. The summed E-state index contributed by atoms with van der Waals surface area (Å²) in [7, 11) is 1.86. The lowest BCUT2D eigenvalue weighted by Gasteiger charge is -2.17. The van der Waals surface area contributed by atoms with Crippen molar-refractivity contribution in [2.45, 2.75) is 13.0 Å². The Bertz CT molecular complexity index is 652. The summed E-state index contributed by atoms with van der Waals surface area (Å²) in [5.41, 5.74) is 1.94. The van der Waals surface area contributed by atoms with Crippen LogP contribution < -0.4 is 0 Å². The Labute approximate surface area is 135 Å². The largest absolute Gasteiger partial charge is 0.345 e. The zero-order valence-corrected chi connectivity index (χ0v) is 13.3. The number of rotatable bonds is 3. The predicted octanol–water partition coefficient (Wildman–Crippen LogP) is 2.19. The van der Waals surface area contributed by atoms with E-state index in [0.717, 1.165) is 30.9 Å². The van der Waals surface area contributed by atoms with E-state index < -0.39 is 0 Å². The lowest BCUT2D eigenvalue weighted by molar-refractivity contribution is -0.130. The predicted molar refractivity (Wildman–Crippen MR) is 86.1 cm³/mol. The van der Waals surface area contributed by atoms with Crippen molar-refractivity contribution in [3.63, 3.8) is 0 Å². The molecule has 0 N–H and O–H groups in total. The Morgan fingerprint density at radius 2 is 1.95 bits per heavy atom. The first-order valence-electron chi connectivity index (χ1n) is 7.38. The number of carbonyl (C=O) groups is 1. The fourth-order valence-corrected chi connectivity index (χ4v) is 2.72. The number of aromatic nitrogens is 2. The third-order valence-corrected chi connectivity index (χ3v) is 4.13. The van der Waals surface area contributed by atoms with Crippen LogP contribution in [-0.2, 0) is 11.3 Å². The minimum absolute atomic E-state index is 0.176. The van der Waals surface area contributed by atoms with E-state index in [4.69, 9.17) is 11.6 Å². The minimum atomic E-state index is 0.176. The van der Waals surface area contributed by atoms with E-state index in [1.165, 1.54) is 0 Å². The van der Waals surface area contributed by atoms with E-state index in [1.54, 1.807) is 4.90 Å². The second-order valence-corrected chi connectivity index (χ2v) is 6.04. The molecule has 22 heavy (non-hydrogen) atoms. The molecule has 0 aliphatic carbocycles. The Kier molecular flexibility index (Phi) is 4.45. The summed E-state index contributed by atoms with van der Waals surface area (Å²) in [6.07, 6.45) is 2.93. The normalized spacial score (nSPS) is 16.8. The van der Waals surface area contributed by atoms with Crippen LogP contribution in [-0.4, -0.2) is 52.2 Å². The molecule has 1 amide bonds. The molecule has 1 aromatic carbocycles. The molecule has 5 nitrogen and oxygen atoms in total. The highest BCUT2D eigenvalue weighted by molar-refractivity contribution is 6.30.